The lowest BCUT2D eigenvalue weighted by Gasteiger charge is -2.44. The fraction of sp³-hybridized carbons (Fsp3) is 0.314. The maximum absolute atomic E-state index is 7.30. The molecule has 0 saturated carbocycles. The summed E-state index contributed by atoms with van der Waals surface area (Å²) < 4.78 is 14.1. The average molecular weight is 517 g/mol. The smallest absolute Gasteiger partial charge is 0.171 e. The van der Waals surface area contributed by atoms with Crippen molar-refractivity contribution in [3.05, 3.63) is 107 Å². The monoisotopic (exact) mass is 516 g/mol. The van der Waals surface area contributed by atoms with E-state index in [0.29, 0.717) is 0 Å². The van der Waals surface area contributed by atoms with Gasteiger partial charge in [-0.25, -0.2) is 0 Å². The van der Waals surface area contributed by atoms with Gasteiger partial charge in [-0.05, 0) is 75.2 Å². The van der Waals surface area contributed by atoms with E-state index in [9.17, 15) is 0 Å². The molecule has 7 rings (SSSR count). The summed E-state index contributed by atoms with van der Waals surface area (Å²) in [6.07, 6.45) is -0.115. The van der Waals surface area contributed by atoms with E-state index in [1.165, 1.54) is 39.2 Å². The Morgan fingerprint density at radius 3 is 1.69 bits per heavy atom. The minimum atomic E-state index is -0.681. The second-order valence-electron chi connectivity index (χ2n) is 10.7. The third-order valence-corrected chi connectivity index (χ3v) is 9.10. The molecule has 0 bridgehead atoms. The summed E-state index contributed by atoms with van der Waals surface area (Å²) in [6.45, 7) is 12.8. The third kappa shape index (κ3) is 3.30. The number of ether oxygens (including phenoxy) is 2. The van der Waals surface area contributed by atoms with E-state index in [2.05, 4.69) is 122 Å². The van der Waals surface area contributed by atoms with E-state index in [1.807, 2.05) is 0 Å². The standard InChI is InChI=1S/C35H36N2O2/c1-5-36(6-2)23-17-19-29-27(21-23)28-22-24(37(7-3)8-4)18-20-30(28)35(29)33-25-13-9-11-15-31(25)38-34(33)26-14-10-12-16-32(26)39-35/h9-22,33-34H,5-8H2,1-4H3. The fourth-order valence-electron chi connectivity index (χ4n) is 7.25. The first kappa shape index (κ1) is 24.1. The molecule has 3 aliphatic rings. The largest absolute Gasteiger partial charge is 0.484 e. The molecule has 2 atom stereocenters. The molecule has 2 aliphatic heterocycles. The van der Waals surface area contributed by atoms with Crippen LogP contribution >= 0.6 is 0 Å². The Morgan fingerprint density at radius 1 is 0.615 bits per heavy atom. The van der Waals surface area contributed by atoms with Gasteiger partial charge in [-0.15, -0.1) is 0 Å². The lowest BCUT2D eigenvalue weighted by atomic mass is 9.70. The molecule has 0 radical (unpaired) electrons. The Balaban J connectivity index is 1.53. The van der Waals surface area contributed by atoms with Crippen molar-refractivity contribution >= 4 is 11.4 Å². The molecule has 0 saturated heterocycles. The number of anilines is 2. The van der Waals surface area contributed by atoms with Gasteiger partial charge in [-0.1, -0.05) is 48.5 Å². The molecule has 1 aliphatic carbocycles. The zero-order valence-electron chi connectivity index (χ0n) is 23.3. The van der Waals surface area contributed by atoms with Crippen LogP contribution in [0.1, 0.15) is 62.0 Å². The molecule has 198 valence electrons. The van der Waals surface area contributed by atoms with Crippen molar-refractivity contribution in [2.75, 3.05) is 36.0 Å². The molecule has 0 amide bonds. The summed E-state index contributed by atoms with van der Waals surface area (Å²) in [5.41, 5.74) is 9.17. The summed E-state index contributed by atoms with van der Waals surface area (Å²) in [6, 6.07) is 31.0. The van der Waals surface area contributed by atoms with Crippen LogP contribution < -0.4 is 19.3 Å². The molecule has 2 unspecified atom stereocenters. The lowest BCUT2D eigenvalue weighted by Crippen LogP contribution is -2.44. The minimum Gasteiger partial charge on any atom is -0.484 e. The third-order valence-electron chi connectivity index (χ3n) is 9.10. The zero-order chi connectivity index (χ0) is 26.7. The van der Waals surface area contributed by atoms with Crippen LogP contribution in [0.3, 0.4) is 0 Å². The first-order valence-corrected chi connectivity index (χ1v) is 14.5. The van der Waals surface area contributed by atoms with Crippen molar-refractivity contribution in [1.82, 2.24) is 0 Å². The highest BCUT2D eigenvalue weighted by Gasteiger charge is 2.61. The van der Waals surface area contributed by atoms with Crippen molar-refractivity contribution in [2.24, 2.45) is 0 Å². The molecule has 0 aromatic heterocycles. The van der Waals surface area contributed by atoms with Crippen LogP contribution in [0.4, 0.5) is 11.4 Å². The Labute approximate surface area is 231 Å². The molecule has 4 nitrogen and oxygen atoms in total. The van der Waals surface area contributed by atoms with Crippen LogP contribution in [0.2, 0.25) is 0 Å². The lowest BCUT2D eigenvalue weighted by molar-refractivity contribution is 0.0152. The number of rotatable bonds is 6. The maximum Gasteiger partial charge on any atom is 0.171 e. The summed E-state index contributed by atoms with van der Waals surface area (Å²) in [4.78, 5) is 4.85. The Hall–Kier alpha value is -3.92. The van der Waals surface area contributed by atoms with Crippen LogP contribution in [0, 0.1) is 0 Å². The highest BCUT2D eigenvalue weighted by atomic mass is 16.5. The van der Waals surface area contributed by atoms with Gasteiger partial charge in [0.1, 0.15) is 17.6 Å². The Kier molecular flexibility index (Phi) is 5.62. The zero-order valence-corrected chi connectivity index (χ0v) is 23.3. The maximum atomic E-state index is 7.30. The topological polar surface area (TPSA) is 24.9 Å². The van der Waals surface area contributed by atoms with Crippen molar-refractivity contribution < 1.29 is 9.47 Å². The number of fused-ring (bicyclic) bond motifs is 11. The number of benzene rings is 4. The van der Waals surface area contributed by atoms with Gasteiger partial charge in [0.05, 0.1) is 5.92 Å². The molecule has 4 aromatic carbocycles. The summed E-state index contributed by atoms with van der Waals surface area (Å²) in [5, 5.41) is 0. The van der Waals surface area contributed by atoms with Gasteiger partial charge in [0.2, 0.25) is 0 Å². The number of hydrogen-bond acceptors (Lipinski definition) is 4. The van der Waals surface area contributed by atoms with Crippen molar-refractivity contribution in [2.45, 2.75) is 45.3 Å². The second kappa shape index (κ2) is 9.08. The van der Waals surface area contributed by atoms with Crippen LogP contribution in [0.25, 0.3) is 11.1 Å². The molecule has 2 heterocycles. The molecule has 1 spiro atoms. The van der Waals surface area contributed by atoms with Gasteiger partial charge in [0.25, 0.3) is 0 Å². The SMILES string of the molecule is CCN(CC)c1ccc2c(c1)-c1cc(N(CC)CC)ccc1C21Oc2ccccc2C2Oc3ccccc3C21. The van der Waals surface area contributed by atoms with Crippen LogP contribution in [0.5, 0.6) is 11.5 Å². The second-order valence-corrected chi connectivity index (χ2v) is 10.7. The van der Waals surface area contributed by atoms with E-state index in [0.717, 1.165) is 43.2 Å². The van der Waals surface area contributed by atoms with Crippen LogP contribution in [-0.4, -0.2) is 26.2 Å². The van der Waals surface area contributed by atoms with E-state index in [1.54, 1.807) is 0 Å². The summed E-state index contributed by atoms with van der Waals surface area (Å²) >= 11 is 0. The van der Waals surface area contributed by atoms with E-state index in [4.69, 9.17) is 9.47 Å². The van der Waals surface area contributed by atoms with E-state index in [-0.39, 0.29) is 12.0 Å². The Morgan fingerprint density at radius 2 is 1.13 bits per heavy atom. The Bertz CT molecular complexity index is 1490. The summed E-state index contributed by atoms with van der Waals surface area (Å²) in [5.74, 6) is 1.87. The normalized spacial score (nSPS) is 18.8. The van der Waals surface area contributed by atoms with Gasteiger partial charge in [0, 0.05) is 59.8 Å². The van der Waals surface area contributed by atoms with Gasteiger partial charge in [-0.2, -0.15) is 0 Å². The molecule has 39 heavy (non-hydrogen) atoms. The van der Waals surface area contributed by atoms with Crippen molar-refractivity contribution in [1.29, 1.82) is 0 Å². The quantitative estimate of drug-likeness (QED) is 0.260. The number of nitrogens with zero attached hydrogens (tertiary/aromatic N) is 2. The van der Waals surface area contributed by atoms with Gasteiger partial charge < -0.3 is 19.3 Å². The molecule has 0 N–H and O–H groups in total. The highest BCUT2D eigenvalue weighted by Crippen LogP contribution is 2.66. The molecule has 4 heteroatoms. The average Bonchev–Trinajstić information content (AvgIpc) is 3.49. The van der Waals surface area contributed by atoms with Crippen molar-refractivity contribution in [3.8, 4) is 22.6 Å². The van der Waals surface area contributed by atoms with E-state index < -0.39 is 5.60 Å². The molecule has 0 fully saturated rings. The van der Waals surface area contributed by atoms with Gasteiger partial charge in [-0.3, -0.25) is 0 Å². The van der Waals surface area contributed by atoms with Crippen LogP contribution in [0.15, 0.2) is 84.9 Å². The fourth-order valence-corrected chi connectivity index (χ4v) is 7.25. The van der Waals surface area contributed by atoms with E-state index >= 15 is 0 Å². The van der Waals surface area contributed by atoms with Crippen molar-refractivity contribution in [3.63, 3.8) is 0 Å². The number of hydrogen-bond donors (Lipinski definition) is 0. The number of para-hydroxylation sites is 2. The predicted molar refractivity (Wildman–Crippen MR) is 159 cm³/mol. The van der Waals surface area contributed by atoms with Crippen LogP contribution in [-0.2, 0) is 5.60 Å². The predicted octanol–water partition coefficient (Wildman–Crippen LogP) is 7.91. The van der Waals surface area contributed by atoms with Gasteiger partial charge in [0.15, 0.2) is 5.60 Å². The molecule has 4 aromatic rings. The molecular weight excluding hydrogens is 480 g/mol. The van der Waals surface area contributed by atoms with Gasteiger partial charge >= 0.3 is 0 Å². The first-order chi connectivity index (χ1) is 19.1. The summed E-state index contributed by atoms with van der Waals surface area (Å²) in [7, 11) is 0. The highest BCUT2D eigenvalue weighted by molar-refractivity contribution is 5.86. The minimum absolute atomic E-state index is 0.00204. The first-order valence-electron chi connectivity index (χ1n) is 14.5. The molecular formula is C35H36N2O2.